The Bertz CT molecular complexity index is 51.4. The van der Waals surface area contributed by atoms with E-state index in [1.807, 2.05) is 0 Å². The lowest BCUT2D eigenvalue weighted by atomic mass is 10.2. The van der Waals surface area contributed by atoms with Gasteiger partial charge in [-0.1, -0.05) is 6.92 Å². The maximum absolute atomic E-state index is 11.0. The molecule has 0 radical (unpaired) electrons. The van der Waals surface area contributed by atoms with Crippen molar-refractivity contribution in [1.29, 1.82) is 0 Å². The Morgan fingerprint density at radius 2 is 1.86 bits per heavy atom. The van der Waals surface area contributed by atoms with E-state index in [0.29, 0.717) is 0 Å². The highest BCUT2D eigenvalue weighted by molar-refractivity contribution is 6.55. The van der Waals surface area contributed by atoms with Crippen LogP contribution in [0.2, 0.25) is 0 Å². The molecule has 0 aliphatic carbocycles. The van der Waals surface area contributed by atoms with Gasteiger partial charge in [0.2, 0.25) is 0 Å². The van der Waals surface area contributed by atoms with Gasteiger partial charge in [-0.25, -0.2) is 0 Å². The van der Waals surface area contributed by atoms with E-state index in [-0.39, 0.29) is 6.54 Å². The van der Waals surface area contributed by atoms with Crippen LogP contribution in [0, 0.1) is 0 Å². The molecule has 0 aromatic carbocycles. The fourth-order valence-corrected chi connectivity index (χ4v) is 0.231. The van der Waals surface area contributed by atoms with E-state index >= 15 is 0 Å². The van der Waals surface area contributed by atoms with Crippen molar-refractivity contribution in [2.24, 2.45) is 0 Å². The summed E-state index contributed by atoms with van der Waals surface area (Å²) in [5.74, 6) is 0. The normalized spacial score (nSPS) is 12.0. The van der Waals surface area contributed by atoms with E-state index in [1.165, 1.54) is 12.2 Å². The molecule has 0 unspecified atom stereocenters. The van der Waals surface area contributed by atoms with Crippen molar-refractivity contribution < 1.29 is 12.9 Å². The summed E-state index contributed by atoms with van der Waals surface area (Å²) < 4.78 is 33.0. The molecule has 5 heteroatoms. The molecule has 0 rings (SSSR count). The zero-order valence-corrected chi connectivity index (χ0v) is 3.92. The topological polar surface area (TPSA) is 12.0 Å². The molecule has 0 aromatic heterocycles. The molecule has 0 aliphatic rings. The lowest BCUT2D eigenvalue weighted by Crippen LogP contribution is -2.37. The Morgan fingerprint density at radius 3 is 1.86 bits per heavy atom. The summed E-state index contributed by atoms with van der Waals surface area (Å²) in [6, 6.07) is 0. The summed E-state index contributed by atoms with van der Waals surface area (Å²) in [5.41, 5.74) is 0. The average Bonchev–Trinajstić information content (AvgIpc) is 1.30. The molecule has 0 fully saturated rings. The third kappa shape index (κ3) is 5.81. The van der Waals surface area contributed by atoms with E-state index in [2.05, 4.69) is 0 Å². The van der Waals surface area contributed by atoms with Gasteiger partial charge in [-0.15, -0.1) is 0 Å². The lowest BCUT2D eigenvalue weighted by Gasteiger charge is -2.12. The van der Waals surface area contributed by atoms with Crippen LogP contribution in [0.1, 0.15) is 6.92 Å². The second-order valence-electron chi connectivity index (χ2n) is 1.13. The van der Waals surface area contributed by atoms with E-state index in [4.69, 9.17) is 0 Å². The second kappa shape index (κ2) is 2.21. The molecule has 0 atom stereocenters. The second-order valence-corrected chi connectivity index (χ2v) is 1.13. The maximum atomic E-state index is 11.0. The zero-order chi connectivity index (χ0) is 5.91. The van der Waals surface area contributed by atoms with Gasteiger partial charge in [-0.2, -0.15) is 0 Å². The molecule has 0 saturated carbocycles. The molecule has 7 heavy (non-hydrogen) atoms. The molecular weight excluding hydrogens is 106 g/mol. The van der Waals surface area contributed by atoms with Crippen LogP contribution in [0.15, 0.2) is 0 Å². The summed E-state index contributed by atoms with van der Waals surface area (Å²) >= 11 is 0. The SMILES string of the molecule is CCN[B-](F)(F)F. The van der Waals surface area contributed by atoms with E-state index in [9.17, 15) is 12.9 Å². The monoisotopic (exact) mass is 112 g/mol. The van der Waals surface area contributed by atoms with Crippen LogP contribution < -0.4 is 5.23 Å². The van der Waals surface area contributed by atoms with Crippen LogP contribution in [-0.4, -0.2) is 13.7 Å². The Labute approximate surface area is 40.0 Å². The average molecular weight is 112 g/mol. The molecule has 0 spiro atoms. The van der Waals surface area contributed by atoms with E-state index < -0.39 is 7.11 Å². The van der Waals surface area contributed by atoms with Gasteiger partial charge in [0.15, 0.2) is 0 Å². The van der Waals surface area contributed by atoms with Gasteiger partial charge in [0.05, 0.1) is 0 Å². The minimum atomic E-state index is -4.74. The minimum Gasteiger partial charge on any atom is -0.434 e. The van der Waals surface area contributed by atoms with Gasteiger partial charge < -0.3 is 18.2 Å². The Balaban J connectivity index is 3.15. The van der Waals surface area contributed by atoms with Crippen LogP contribution in [0.3, 0.4) is 0 Å². The summed E-state index contributed by atoms with van der Waals surface area (Å²) in [7, 11) is -4.74. The van der Waals surface area contributed by atoms with Gasteiger partial charge in [-0.05, 0) is 6.54 Å². The highest BCUT2D eigenvalue weighted by Gasteiger charge is 2.20. The van der Waals surface area contributed by atoms with Crippen molar-refractivity contribution in [2.45, 2.75) is 6.92 Å². The van der Waals surface area contributed by atoms with E-state index in [1.54, 1.807) is 0 Å². The lowest BCUT2D eigenvalue weighted by molar-refractivity contribution is 0.440. The van der Waals surface area contributed by atoms with Gasteiger partial charge in [0.25, 0.3) is 0 Å². The number of hydrogen-bond acceptors (Lipinski definition) is 1. The Morgan fingerprint density at radius 1 is 1.43 bits per heavy atom. The largest absolute Gasteiger partial charge is 0.564 e. The zero-order valence-electron chi connectivity index (χ0n) is 3.92. The van der Waals surface area contributed by atoms with Crippen molar-refractivity contribution in [3.05, 3.63) is 0 Å². The molecule has 1 nitrogen and oxygen atoms in total. The van der Waals surface area contributed by atoms with Gasteiger partial charge in [0, 0.05) is 0 Å². The molecular formula is C2H6BF3N-. The first kappa shape index (κ1) is 6.81. The highest BCUT2D eigenvalue weighted by atomic mass is 19.4. The van der Waals surface area contributed by atoms with Crippen LogP contribution in [0.4, 0.5) is 12.9 Å². The first-order valence-corrected chi connectivity index (χ1v) is 2.00. The van der Waals surface area contributed by atoms with Crippen molar-refractivity contribution in [2.75, 3.05) is 6.54 Å². The van der Waals surface area contributed by atoms with Gasteiger partial charge in [-0.3, -0.25) is 0 Å². The standard InChI is InChI=1S/C2H6BF3N/c1-2-7-3(4,5)6/h7H,2H2,1H3/q-1. The van der Waals surface area contributed by atoms with Gasteiger partial charge in [0.1, 0.15) is 0 Å². The smallest absolute Gasteiger partial charge is 0.434 e. The predicted molar refractivity (Wildman–Crippen MR) is 22.8 cm³/mol. The molecule has 0 bridgehead atoms. The minimum absolute atomic E-state index is 0.0382. The van der Waals surface area contributed by atoms with Crippen molar-refractivity contribution in [3.8, 4) is 0 Å². The first-order chi connectivity index (χ1) is 3.06. The summed E-state index contributed by atoms with van der Waals surface area (Å²) in [5, 5.41) is 1.35. The molecule has 44 valence electrons. The van der Waals surface area contributed by atoms with Crippen molar-refractivity contribution in [3.63, 3.8) is 0 Å². The predicted octanol–water partition coefficient (Wildman–Crippen LogP) is 0.940. The van der Waals surface area contributed by atoms with Crippen LogP contribution >= 0.6 is 0 Å². The Kier molecular flexibility index (Phi) is 2.15. The quantitative estimate of drug-likeness (QED) is 0.524. The first-order valence-electron chi connectivity index (χ1n) is 2.00. The third-order valence-electron chi connectivity index (χ3n) is 0.436. The summed E-state index contributed by atoms with van der Waals surface area (Å²) in [6.07, 6.45) is 0. The fourth-order valence-electron chi connectivity index (χ4n) is 0.231. The molecule has 1 N–H and O–H groups in total. The highest BCUT2D eigenvalue weighted by Crippen LogP contribution is 2.00. The number of halogens is 3. The molecule has 0 saturated heterocycles. The Hall–Kier alpha value is -0.185. The van der Waals surface area contributed by atoms with Crippen LogP contribution in [0.5, 0.6) is 0 Å². The number of rotatable bonds is 2. The van der Waals surface area contributed by atoms with Crippen molar-refractivity contribution >= 4 is 7.11 Å². The van der Waals surface area contributed by atoms with Crippen LogP contribution in [0.25, 0.3) is 0 Å². The van der Waals surface area contributed by atoms with E-state index in [0.717, 1.165) is 0 Å². The van der Waals surface area contributed by atoms with Crippen LogP contribution in [-0.2, 0) is 0 Å². The maximum Gasteiger partial charge on any atom is 0.564 e. The fraction of sp³-hybridized carbons (Fsp3) is 1.00. The third-order valence-corrected chi connectivity index (χ3v) is 0.436. The molecule has 0 amide bonds. The number of hydrogen-bond donors (Lipinski definition) is 1. The van der Waals surface area contributed by atoms with Crippen molar-refractivity contribution in [1.82, 2.24) is 5.23 Å². The number of nitrogens with one attached hydrogen (secondary N) is 1. The molecule has 0 aromatic rings. The summed E-state index contributed by atoms with van der Waals surface area (Å²) in [6.45, 7) is 1.37. The molecule has 0 aliphatic heterocycles. The van der Waals surface area contributed by atoms with Gasteiger partial charge >= 0.3 is 7.11 Å². The molecule has 0 heterocycles. The summed E-state index contributed by atoms with van der Waals surface area (Å²) in [4.78, 5) is 0.